The number of anilines is 1. The lowest BCUT2D eigenvalue weighted by Crippen LogP contribution is -2.40. The van der Waals surface area contributed by atoms with Gasteiger partial charge in [0.15, 0.2) is 5.96 Å². The van der Waals surface area contributed by atoms with E-state index in [-0.39, 0.29) is 11.8 Å². The van der Waals surface area contributed by atoms with E-state index in [1.807, 2.05) is 67.6 Å². The molecule has 4 rings (SSSR count). The highest BCUT2D eigenvalue weighted by Crippen LogP contribution is 2.31. The van der Waals surface area contributed by atoms with Gasteiger partial charge in [0.05, 0.1) is 12.2 Å². The zero-order valence-electron chi connectivity index (χ0n) is 18.8. The zero-order valence-corrected chi connectivity index (χ0v) is 18.8. The number of para-hydroxylation sites is 1. The monoisotopic (exact) mass is 443 g/mol. The molecule has 3 N–H and O–H groups in total. The van der Waals surface area contributed by atoms with Gasteiger partial charge in [-0.1, -0.05) is 36.4 Å². The molecule has 2 heterocycles. The Hall–Kier alpha value is -3.87. The first kappa shape index (κ1) is 22.3. The fourth-order valence-electron chi connectivity index (χ4n) is 3.79. The van der Waals surface area contributed by atoms with Gasteiger partial charge in [-0.15, -0.1) is 0 Å². The summed E-state index contributed by atoms with van der Waals surface area (Å²) in [5.74, 6) is 1.66. The molecule has 0 spiro atoms. The molecular formula is C26H29N5O2. The van der Waals surface area contributed by atoms with E-state index in [9.17, 15) is 4.79 Å². The fourth-order valence-corrected chi connectivity index (χ4v) is 3.79. The van der Waals surface area contributed by atoms with Crippen LogP contribution in [0.5, 0.6) is 5.75 Å². The summed E-state index contributed by atoms with van der Waals surface area (Å²) < 4.78 is 5.88. The number of nitrogens with zero attached hydrogens (tertiary/aromatic N) is 2. The van der Waals surface area contributed by atoms with Gasteiger partial charge in [0.2, 0.25) is 5.91 Å². The smallest absolute Gasteiger partial charge is 0.225 e. The number of amides is 1. The van der Waals surface area contributed by atoms with Gasteiger partial charge in [-0.2, -0.15) is 0 Å². The number of guanidine groups is 1. The standard InChI is InChI=1S/C26H29N5O2/c1-2-27-26(30-17-20-15-25(32)31-24-12-4-3-11-23(20)24)29-16-19-8-7-10-22(14-19)33-18-21-9-5-6-13-28-21/h3-14,20H,2,15-18H2,1H3,(H,31,32)(H2,27,29,30). The molecule has 0 radical (unpaired) electrons. The molecule has 0 bridgehead atoms. The van der Waals surface area contributed by atoms with Crippen LogP contribution in [0.2, 0.25) is 0 Å². The first-order valence-electron chi connectivity index (χ1n) is 11.2. The predicted octanol–water partition coefficient (Wildman–Crippen LogP) is 3.84. The van der Waals surface area contributed by atoms with E-state index in [1.165, 1.54) is 0 Å². The van der Waals surface area contributed by atoms with E-state index < -0.39 is 0 Å². The summed E-state index contributed by atoms with van der Waals surface area (Å²) >= 11 is 0. The lowest BCUT2D eigenvalue weighted by molar-refractivity contribution is -0.116. The topological polar surface area (TPSA) is 87.6 Å². The number of benzene rings is 2. The van der Waals surface area contributed by atoms with Gasteiger partial charge >= 0.3 is 0 Å². The summed E-state index contributed by atoms with van der Waals surface area (Å²) in [5.41, 5.74) is 3.98. The molecule has 1 atom stereocenters. The van der Waals surface area contributed by atoms with Gasteiger partial charge in [0.1, 0.15) is 12.4 Å². The summed E-state index contributed by atoms with van der Waals surface area (Å²) in [4.78, 5) is 21.1. The molecule has 2 aromatic carbocycles. The van der Waals surface area contributed by atoms with Crippen molar-refractivity contribution >= 4 is 17.6 Å². The number of hydrogen-bond donors (Lipinski definition) is 3. The van der Waals surface area contributed by atoms with Crippen molar-refractivity contribution in [1.29, 1.82) is 0 Å². The van der Waals surface area contributed by atoms with E-state index >= 15 is 0 Å². The van der Waals surface area contributed by atoms with Crippen LogP contribution in [0.3, 0.4) is 0 Å². The minimum Gasteiger partial charge on any atom is -0.487 e. The molecule has 0 saturated carbocycles. The summed E-state index contributed by atoms with van der Waals surface area (Å²) in [6.07, 6.45) is 2.22. The molecule has 1 amide bonds. The maximum atomic E-state index is 12.1. The largest absolute Gasteiger partial charge is 0.487 e. The molecule has 7 heteroatoms. The van der Waals surface area contributed by atoms with Gasteiger partial charge in [0.25, 0.3) is 0 Å². The molecule has 33 heavy (non-hydrogen) atoms. The lowest BCUT2D eigenvalue weighted by atomic mass is 9.90. The Kier molecular flexibility index (Phi) is 7.53. The second-order valence-corrected chi connectivity index (χ2v) is 7.87. The Labute approximate surface area is 194 Å². The third-order valence-corrected chi connectivity index (χ3v) is 5.40. The molecule has 1 unspecified atom stereocenters. The number of fused-ring (bicyclic) bond motifs is 1. The van der Waals surface area contributed by atoms with Crippen LogP contribution in [-0.4, -0.2) is 29.9 Å². The number of ether oxygens (including phenoxy) is 1. The molecular weight excluding hydrogens is 414 g/mol. The van der Waals surface area contributed by atoms with Crippen LogP contribution < -0.4 is 20.7 Å². The third kappa shape index (κ3) is 6.32. The number of carbonyl (C=O) groups excluding carboxylic acids is 1. The fraction of sp³-hybridized carbons (Fsp3) is 0.269. The van der Waals surface area contributed by atoms with Crippen molar-refractivity contribution in [3.63, 3.8) is 0 Å². The molecule has 0 fully saturated rings. The van der Waals surface area contributed by atoms with Crippen LogP contribution in [0.25, 0.3) is 0 Å². The number of aliphatic imine (C=N–C) groups is 1. The van der Waals surface area contributed by atoms with Crippen LogP contribution in [0.4, 0.5) is 5.69 Å². The molecule has 170 valence electrons. The van der Waals surface area contributed by atoms with E-state index in [0.717, 1.165) is 40.8 Å². The first-order valence-corrected chi connectivity index (χ1v) is 11.2. The Bertz CT molecular complexity index is 1100. The van der Waals surface area contributed by atoms with Gasteiger partial charge in [-0.25, -0.2) is 4.99 Å². The Morgan fingerprint density at radius 2 is 2.00 bits per heavy atom. The highest BCUT2D eigenvalue weighted by molar-refractivity contribution is 5.94. The van der Waals surface area contributed by atoms with Crippen LogP contribution in [0.15, 0.2) is 77.9 Å². The lowest BCUT2D eigenvalue weighted by Gasteiger charge is -2.26. The van der Waals surface area contributed by atoms with Crippen molar-refractivity contribution in [2.24, 2.45) is 4.99 Å². The highest BCUT2D eigenvalue weighted by atomic mass is 16.5. The summed E-state index contributed by atoms with van der Waals surface area (Å²) in [7, 11) is 0. The molecule has 1 aliphatic rings. The van der Waals surface area contributed by atoms with E-state index in [1.54, 1.807) is 6.20 Å². The second-order valence-electron chi connectivity index (χ2n) is 7.87. The quantitative estimate of drug-likeness (QED) is 0.364. The number of aromatic nitrogens is 1. The molecule has 7 nitrogen and oxygen atoms in total. The van der Waals surface area contributed by atoms with Crippen molar-refractivity contribution < 1.29 is 9.53 Å². The predicted molar refractivity (Wildman–Crippen MR) is 130 cm³/mol. The van der Waals surface area contributed by atoms with E-state index in [2.05, 4.69) is 27.0 Å². The minimum absolute atomic E-state index is 0.0463. The Balaban J connectivity index is 1.37. The van der Waals surface area contributed by atoms with E-state index in [4.69, 9.17) is 9.73 Å². The Morgan fingerprint density at radius 1 is 1.12 bits per heavy atom. The summed E-state index contributed by atoms with van der Waals surface area (Å²) in [5, 5.41) is 9.64. The van der Waals surface area contributed by atoms with Gasteiger partial charge in [0, 0.05) is 37.3 Å². The van der Waals surface area contributed by atoms with Crippen molar-refractivity contribution in [1.82, 2.24) is 15.6 Å². The number of rotatable bonds is 8. The number of hydrogen-bond acceptors (Lipinski definition) is 4. The van der Waals surface area contributed by atoms with Gasteiger partial charge in [-0.05, 0) is 48.4 Å². The summed E-state index contributed by atoms with van der Waals surface area (Å²) in [6.45, 7) is 4.35. The SMILES string of the molecule is CCNC(=NCc1cccc(OCc2ccccn2)c1)NCC1CC(=O)Nc2ccccc21. The third-order valence-electron chi connectivity index (χ3n) is 5.40. The van der Waals surface area contributed by atoms with Crippen LogP contribution in [0.1, 0.15) is 36.1 Å². The normalized spacial score (nSPS) is 15.4. The molecule has 0 aliphatic carbocycles. The summed E-state index contributed by atoms with van der Waals surface area (Å²) in [6, 6.07) is 21.7. The average Bonchev–Trinajstić information content (AvgIpc) is 2.85. The molecule has 0 saturated heterocycles. The van der Waals surface area contributed by atoms with Crippen LogP contribution in [-0.2, 0) is 17.9 Å². The minimum atomic E-state index is 0.0463. The average molecular weight is 444 g/mol. The van der Waals surface area contributed by atoms with E-state index in [0.29, 0.717) is 26.1 Å². The van der Waals surface area contributed by atoms with Crippen molar-refractivity contribution in [2.75, 3.05) is 18.4 Å². The maximum Gasteiger partial charge on any atom is 0.225 e. The van der Waals surface area contributed by atoms with Crippen LogP contribution >= 0.6 is 0 Å². The maximum absolute atomic E-state index is 12.1. The molecule has 1 aromatic heterocycles. The Morgan fingerprint density at radius 3 is 2.85 bits per heavy atom. The highest BCUT2D eigenvalue weighted by Gasteiger charge is 2.24. The van der Waals surface area contributed by atoms with Crippen molar-refractivity contribution in [3.05, 3.63) is 89.7 Å². The number of pyridine rings is 1. The number of carbonyl (C=O) groups is 1. The van der Waals surface area contributed by atoms with Crippen LogP contribution in [0, 0.1) is 0 Å². The zero-order chi connectivity index (χ0) is 22.9. The first-order chi connectivity index (χ1) is 16.2. The molecule has 1 aliphatic heterocycles. The molecule has 3 aromatic rings. The van der Waals surface area contributed by atoms with Crippen molar-refractivity contribution in [3.8, 4) is 5.75 Å². The van der Waals surface area contributed by atoms with Gasteiger partial charge in [-0.3, -0.25) is 9.78 Å². The van der Waals surface area contributed by atoms with Gasteiger partial charge < -0.3 is 20.7 Å². The number of nitrogens with one attached hydrogen (secondary N) is 3. The van der Waals surface area contributed by atoms with Crippen molar-refractivity contribution in [2.45, 2.75) is 32.4 Å². The second kappa shape index (κ2) is 11.1.